The molecule has 3 aromatic heterocycles. The molecule has 296 valence electrons. The lowest BCUT2D eigenvalue weighted by molar-refractivity contribution is 1.07. The minimum absolute atomic E-state index is 0.601. The zero-order chi connectivity index (χ0) is 41.9. The Balaban J connectivity index is 1.13. The number of para-hydroxylation sites is 4. The fourth-order valence-corrected chi connectivity index (χ4v) is 9.35. The molecule has 0 aliphatic rings. The van der Waals surface area contributed by atoms with Crippen LogP contribution in [0.5, 0.6) is 0 Å². The maximum absolute atomic E-state index is 5.28. The van der Waals surface area contributed by atoms with E-state index in [1.54, 1.807) is 0 Å². The van der Waals surface area contributed by atoms with E-state index in [1.165, 1.54) is 38.1 Å². The largest absolute Gasteiger partial charge is 0.307 e. The number of nitrogens with zero attached hydrogens (tertiary/aromatic N) is 5. The van der Waals surface area contributed by atoms with E-state index in [4.69, 9.17) is 15.0 Å². The molecule has 0 saturated carbocycles. The van der Waals surface area contributed by atoms with Crippen LogP contribution in [0.15, 0.2) is 218 Å². The highest BCUT2D eigenvalue weighted by atomic mass is 15.1. The summed E-state index contributed by atoms with van der Waals surface area (Å²) < 4.78 is 4.91. The zero-order valence-electron chi connectivity index (χ0n) is 34.5. The maximum atomic E-state index is 5.28. The lowest BCUT2D eigenvalue weighted by atomic mass is 10.0. The van der Waals surface area contributed by atoms with Crippen molar-refractivity contribution in [1.82, 2.24) is 24.1 Å². The van der Waals surface area contributed by atoms with Gasteiger partial charge in [0.15, 0.2) is 17.5 Å². The number of aryl methyl sites for hydroxylation is 1. The van der Waals surface area contributed by atoms with E-state index < -0.39 is 0 Å². The van der Waals surface area contributed by atoms with Crippen molar-refractivity contribution in [2.24, 2.45) is 0 Å². The second-order valence-corrected chi connectivity index (χ2v) is 16.1. The fraction of sp³-hybridized carbons (Fsp3) is 0.0172. The van der Waals surface area contributed by atoms with Crippen molar-refractivity contribution in [1.29, 1.82) is 0 Å². The van der Waals surface area contributed by atoms with Crippen molar-refractivity contribution in [2.45, 2.75) is 6.92 Å². The number of fused-ring (bicyclic) bond motifs is 6. The van der Waals surface area contributed by atoms with Crippen LogP contribution < -0.4 is 0 Å². The van der Waals surface area contributed by atoms with Gasteiger partial charge in [-0.3, -0.25) is 0 Å². The topological polar surface area (TPSA) is 48.5 Å². The van der Waals surface area contributed by atoms with Crippen LogP contribution in [0.3, 0.4) is 0 Å². The summed E-state index contributed by atoms with van der Waals surface area (Å²) in [5.41, 5.74) is 15.2. The molecule has 5 heteroatoms. The van der Waals surface area contributed by atoms with Crippen LogP contribution in [0, 0.1) is 6.92 Å². The minimum atomic E-state index is 0.601. The lowest BCUT2D eigenvalue weighted by Crippen LogP contribution is -2.03. The fourth-order valence-electron chi connectivity index (χ4n) is 9.35. The van der Waals surface area contributed by atoms with Crippen molar-refractivity contribution in [3.05, 3.63) is 224 Å². The molecular weight excluding hydrogens is 767 g/mol. The first-order valence-electron chi connectivity index (χ1n) is 21.4. The van der Waals surface area contributed by atoms with Crippen LogP contribution in [0.1, 0.15) is 5.56 Å². The van der Waals surface area contributed by atoms with Gasteiger partial charge in [-0.25, -0.2) is 15.0 Å². The van der Waals surface area contributed by atoms with E-state index in [2.05, 4.69) is 210 Å². The average molecular weight is 806 g/mol. The molecule has 0 spiro atoms. The third kappa shape index (κ3) is 6.21. The number of hydrogen-bond donors (Lipinski definition) is 0. The molecule has 0 fully saturated rings. The summed E-state index contributed by atoms with van der Waals surface area (Å²) in [6.07, 6.45) is 0. The molecule has 63 heavy (non-hydrogen) atoms. The van der Waals surface area contributed by atoms with Gasteiger partial charge in [-0.05, 0) is 71.1 Å². The lowest BCUT2D eigenvalue weighted by Gasteiger charge is -2.17. The second kappa shape index (κ2) is 14.9. The summed E-state index contributed by atoms with van der Waals surface area (Å²) >= 11 is 0. The van der Waals surface area contributed by atoms with E-state index in [-0.39, 0.29) is 0 Å². The van der Waals surface area contributed by atoms with Crippen LogP contribution in [-0.2, 0) is 0 Å². The standard InChI is InChI=1S/C58H39N5/c1-38-17-15-26-49-47-24-12-14-29-52(47)63(54(38)49)53-30-16-27-50-48-25-11-13-28-51(48)62(55(50)53)46-36-44(40-20-7-3-8-21-40)35-45(37-46)58-60-56(42-22-9-4-10-23-42)59-57(61-58)43-33-31-41(32-34-43)39-18-5-2-6-19-39/h2-37H,1H3. The highest BCUT2D eigenvalue weighted by Gasteiger charge is 2.22. The normalized spacial score (nSPS) is 11.6. The Morgan fingerprint density at radius 2 is 0.730 bits per heavy atom. The molecular formula is C58H39N5. The predicted molar refractivity (Wildman–Crippen MR) is 260 cm³/mol. The third-order valence-electron chi connectivity index (χ3n) is 12.3. The Morgan fingerprint density at radius 3 is 1.37 bits per heavy atom. The summed E-state index contributed by atoms with van der Waals surface area (Å²) in [6, 6.07) is 77.4. The van der Waals surface area contributed by atoms with Crippen LogP contribution in [0.25, 0.3) is 111 Å². The predicted octanol–water partition coefficient (Wildman–Crippen LogP) is 14.7. The van der Waals surface area contributed by atoms with Gasteiger partial charge < -0.3 is 9.13 Å². The molecule has 0 bridgehead atoms. The molecule has 0 atom stereocenters. The molecule has 12 rings (SSSR count). The molecule has 0 aliphatic carbocycles. The molecule has 0 amide bonds. The molecule has 0 saturated heterocycles. The Labute approximate surface area is 364 Å². The van der Waals surface area contributed by atoms with Crippen molar-refractivity contribution in [2.75, 3.05) is 0 Å². The van der Waals surface area contributed by atoms with Gasteiger partial charge in [0.2, 0.25) is 0 Å². The van der Waals surface area contributed by atoms with E-state index in [0.29, 0.717) is 17.5 Å². The van der Waals surface area contributed by atoms with Crippen LogP contribution >= 0.6 is 0 Å². The summed E-state index contributed by atoms with van der Waals surface area (Å²) in [4.78, 5) is 15.6. The summed E-state index contributed by atoms with van der Waals surface area (Å²) in [5, 5.41) is 4.85. The summed E-state index contributed by atoms with van der Waals surface area (Å²) in [7, 11) is 0. The molecule has 3 heterocycles. The number of aromatic nitrogens is 5. The minimum Gasteiger partial charge on any atom is -0.307 e. The Morgan fingerprint density at radius 1 is 0.302 bits per heavy atom. The quantitative estimate of drug-likeness (QED) is 0.161. The number of hydrogen-bond acceptors (Lipinski definition) is 3. The van der Waals surface area contributed by atoms with Gasteiger partial charge in [0.1, 0.15) is 0 Å². The molecule has 9 aromatic carbocycles. The van der Waals surface area contributed by atoms with E-state index in [1.807, 2.05) is 24.3 Å². The molecule has 0 unspecified atom stereocenters. The van der Waals surface area contributed by atoms with E-state index >= 15 is 0 Å². The zero-order valence-corrected chi connectivity index (χ0v) is 34.5. The highest BCUT2D eigenvalue weighted by molar-refractivity contribution is 6.15. The van der Waals surface area contributed by atoms with Gasteiger partial charge in [-0.1, -0.05) is 182 Å². The third-order valence-corrected chi connectivity index (χ3v) is 12.3. The Bertz CT molecular complexity index is 3660. The van der Waals surface area contributed by atoms with Crippen molar-refractivity contribution in [3.63, 3.8) is 0 Å². The maximum Gasteiger partial charge on any atom is 0.164 e. The van der Waals surface area contributed by atoms with Crippen molar-refractivity contribution < 1.29 is 0 Å². The Kier molecular flexibility index (Phi) is 8.64. The summed E-state index contributed by atoms with van der Waals surface area (Å²) in [6.45, 7) is 2.22. The number of rotatable bonds is 7. The average Bonchev–Trinajstić information content (AvgIpc) is 3.89. The molecule has 0 N–H and O–H groups in total. The van der Waals surface area contributed by atoms with E-state index in [0.717, 1.165) is 61.4 Å². The first-order chi connectivity index (χ1) is 31.2. The number of benzene rings is 9. The van der Waals surface area contributed by atoms with Gasteiger partial charge in [0.25, 0.3) is 0 Å². The summed E-state index contributed by atoms with van der Waals surface area (Å²) in [5.74, 6) is 1.84. The smallest absolute Gasteiger partial charge is 0.164 e. The monoisotopic (exact) mass is 805 g/mol. The van der Waals surface area contributed by atoms with Crippen molar-refractivity contribution >= 4 is 43.6 Å². The SMILES string of the molecule is Cc1cccc2c3ccccc3n(-c3cccc4c5ccccc5n(-c5cc(-c6ccccc6)cc(-c6nc(-c7ccccc7)nc(-c7ccc(-c8ccccc8)cc7)n6)c5)c34)c12. The van der Waals surface area contributed by atoms with Gasteiger partial charge >= 0.3 is 0 Å². The van der Waals surface area contributed by atoms with Gasteiger partial charge in [0.05, 0.1) is 27.8 Å². The van der Waals surface area contributed by atoms with Crippen LogP contribution in [-0.4, -0.2) is 24.1 Å². The van der Waals surface area contributed by atoms with Gasteiger partial charge in [0, 0.05) is 43.9 Å². The Hall–Kier alpha value is -8.41. The van der Waals surface area contributed by atoms with Gasteiger partial charge in [-0.15, -0.1) is 0 Å². The molecule has 12 aromatic rings. The molecule has 5 nitrogen and oxygen atoms in total. The van der Waals surface area contributed by atoms with Crippen LogP contribution in [0.4, 0.5) is 0 Å². The molecule has 0 radical (unpaired) electrons. The van der Waals surface area contributed by atoms with Crippen molar-refractivity contribution in [3.8, 4) is 67.8 Å². The second-order valence-electron chi connectivity index (χ2n) is 16.1. The van der Waals surface area contributed by atoms with E-state index in [9.17, 15) is 0 Å². The molecule has 0 aliphatic heterocycles. The highest BCUT2D eigenvalue weighted by Crippen LogP contribution is 2.42. The first kappa shape index (κ1) is 36.4. The first-order valence-corrected chi connectivity index (χ1v) is 21.4. The van der Waals surface area contributed by atoms with Gasteiger partial charge in [-0.2, -0.15) is 0 Å². The van der Waals surface area contributed by atoms with Crippen LogP contribution in [0.2, 0.25) is 0 Å².